The Labute approximate surface area is 176 Å². The van der Waals surface area contributed by atoms with Crippen molar-refractivity contribution in [3.8, 4) is 16.9 Å². The topological polar surface area (TPSA) is 60.2 Å². The first kappa shape index (κ1) is 22.3. The van der Waals surface area contributed by atoms with E-state index in [0.717, 1.165) is 12.1 Å². The molecule has 31 heavy (non-hydrogen) atoms. The minimum absolute atomic E-state index is 0.0544. The average Bonchev–Trinajstić information content (AvgIpc) is 3.12. The monoisotopic (exact) mass is 436 g/mol. The van der Waals surface area contributed by atoms with Crippen LogP contribution in [0, 0.1) is 5.82 Å². The molecule has 0 aliphatic carbocycles. The van der Waals surface area contributed by atoms with Crippen molar-refractivity contribution in [3.05, 3.63) is 66.0 Å². The normalized spacial score (nSPS) is 11.6. The molecular formula is C21H20F4N4O2. The summed E-state index contributed by atoms with van der Waals surface area (Å²) in [7, 11) is 1.65. The van der Waals surface area contributed by atoms with Crippen molar-refractivity contribution in [2.75, 3.05) is 0 Å². The zero-order valence-corrected chi connectivity index (χ0v) is 17.0. The first-order valence-electron chi connectivity index (χ1n) is 9.34. The molecule has 0 saturated carbocycles. The fourth-order valence-corrected chi connectivity index (χ4v) is 2.98. The standard InChI is InChI=1S/C21H20F4N4O2/c1-13(2)29(20(30)19-26-12-28(3)27-19)11-14-4-9-18(22)17(10-14)15-5-7-16(8-6-15)31-21(23,24)25/h4-10,12-13H,11H2,1-3H3. The number of halogens is 4. The van der Waals surface area contributed by atoms with Gasteiger partial charge < -0.3 is 9.64 Å². The molecule has 0 N–H and O–H groups in total. The summed E-state index contributed by atoms with van der Waals surface area (Å²) in [5.41, 5.74) is 1.22. The second kappa shape index (κ2) is 8.75. The minimum atomic E-state index is -4.80. The van der Waals surface area contributed by atoms with E-state index < -0.39 is 17.9 Å². The highest BCUT2D eigenvalue weighted by atomic mass is 19.4. The van der Waals surface area contributed by atoms with Gasteiger partial charge in [0, 0.05) is 25.2 Å². The van der Waals surface area contributed by atoms with Crippen molar-refractivity contribution in [1.82, 2.24) is 19.7 Å². The lowest BCUT2D eigenvalue weighted by atomic mass is 10.0. The van der Waals surface area contributed by atoms with Gasteiger partial charge >= 0.3 is 6.36 Å². The van der Waals surface area contributed by atoms with Crippen molar-refractivity contribution in [2.24, 2.45) is 7.05 Å². The van der Waals surface area contributed by atoms with Crippen molar-refractivity contribution in [1.29, 1.82) is 0 Å². The predicted octanol–water partition coefficient (Wildman–Crippen LogP) is 4.57. The van der Waals surface area contributed by atoms with E-state index in [9.17, 15) is 22.4 Å². The van der Waals surface area contributed by atoms with E-state index in [1.165, 1.54) is 29.2 Å². The molecule has 0 bridgehead atoms. The highest BCUT2D eigenvalue weighted by Gasteiger charge is 2.31. The number of aryl methyl sites for hydroxylation is 1. The van der Waals surface area contributed by atoms with Crippen molar-refractivity contribution >= 4 is 5.91 Å². The van der Waals surface area contributed by atoms with Gasteiger partial charge in [0.25, 0.3) is 5.91 Å². The smallest absolute Gasteiger partial charge is 0.406 e. The minimum Gasteiger partial charge on any atom is -0.406 e. The van der Waals surface area contributed by atoms with Crippen molar-refractivity contribution in [3.63, 3.8) is 0 Å². The third-order valence-electron chi connectivity index (χ3n) is 4.46. The predicted molar refractivity (Wildman–Crippen MR) is 105 cm³/mol. The van der Waals surface area contributed by atoms with Crippen LogP contribution in [0.25, 0.3) is 11.1 Å². The molecule has 1 amide bonds. The van der Waals surface area contributed by atoms with Crippen LogP contribution in [0.3, 0.4) is 0 Å². The zero-order chi connectivity index (χ0) is 22.8. The summed E-state index contributed by atoms with van der Waals surface area (Å²) in [6.07, 6.45) is -3.38. The molecule has 0 spiro atoms. The lowest BCUT2D eigenvalue weighted by Gasteiger charge is -2.26. The molecule has 0 saturated heterocycles. The molecule has 0 radical (unpaired) electrons. The number of carbonyl (C=O) groups excluding carboxylic acids is 1. The van der Waals surface area contributed by atoms with Crippen LogP contribution in [0.15, 0.2) is 48.8 Å². The summed E-state index contributed by atoms with van der Waals surface area (Å²) in [4.78, 5) is 18.3. The number of ether oxygens (including phenoxy) is 1. The number of carbonyl (C=O) groups is 1. The molecular weight excluding hydrogens is 416 g/mol. The van der Waals surface area contributed by atoms with Crippen LogP contribution in [0.4, 0.5) is 17.6 Å². The van der Waals surface area contributed by atoms with Gasteiger partial charge in [0.15, 0.2) is 0 Å². The van der Waals surface area contributed by atoms with Crippen LogP contribution in [0.1, 0.15) is 30.0 Å². The molecule has 2 aromatic carbocycles. The summed E-state index contributed by atoms with van der Waals surface area (Å²) >= 11 is 0. The van der Waals surface area contributed by atoms with Crippen LogP contribution in [0.5, 0.6) is 5.75 Å². The van der Waals surface area contributed by atoms with Gasteiger partial charge in [0.1, 0.15) is 17.9 Å². The van der Waals surface area contributed by atoms with Gasteiger partial charge in [0.05, 0.1) is 0 Å². The zero-order valence-electron chi connectivity index (χ0n) is 17.0. The van der Waals surface area contributed by atoms with Gasteiger partial charge in [-0.15, -0.1) is 18.3 Å². The van der Waals surface area contributed by atoms with Crippen LogP contribution in [-0.2, 0) is 13.6 Å². The number of hydrogen-bond donors (Lipinski definition) is 0. The van der Waals surface area contributed by atoms with Crippen LogP contribution in [-0.4, -0.2) is 38.0 Å². The molecule has 6 nitrogen and oxygen atoms in total. The van der Waals surface area contributed by atoms with E-state index in [0.29, 0.717) is 11.1 Å². The first-order chi connectivity index (χ1) is 14.5. The van der Waals surface area contributed by atoms with E-state index >= 15 is 0 Å². The fraction of sp³-hybridized carbons (Fsp3) is 0.286. The van der Waals surface area contributed by atoms with E-state index in [1.807, 2.05) is 13.8 Å². The highest BCUT2D eigenvalue weighted by Crippen LogP contribution is 2.29. The molecule has 3 rings (SSSR count). The Morgan fingerprint density at radius 2 is 1.84 bits per heavy atom. The maximum absolute atomic E-state index is 14.4. The number of benzene rings is 2. The quantitative estimate of drug-likeness (QED) is 0.531. The van der Waals surface area contributed by atoms with Gasteiger partial charge in [-0.3, -0.25) is 9.48 Å². The Hall–Kier alpha value is -3.43. The lowest BCUT2D eigenvalue weighted by Crippen LogP contribution is -2.37. The van der Waals surface area contributed by atoms with Crippen LogP contribution >= 0.6 is 0 Å². The molecule has 0 unspecified atom stereocenters. The summed E-state index contributed by atoms with van der Waals surface area (Å²) in [6, 6.07) is 9.10. The number of alkyl halides is 3. The largest absolute Gasteiger partial charge is 0.573 e. The third-order valence-corrected chi connectivity index (χ3v) is 4.46. The summed E-state index contributed by atoms with van der Waals surface area (Å²) in [6.45, 7) is 3.85. The highest BCUT2D eigenvalue weighted by molar-refractivity contribution is 5.90. The Morgan fingerprint density at radius 3 is 2.39 bits per heavy atom. The van der Waals surface area contributed by atoms with Crippen LogP contribution in [0.2, 0.25) is 0 Å². The summed E-state index contributed by atoms with van der Waals surface area (Å²) in [5.74, 6) is -1.25. The molecule has 0 fully saturated rings. The lowest BCUT2D eigenvalue weighted by molar-refractivity contribution is -0.274. The molecule has 3 aromatic rings. The Kier molecular flexibility index (Phi) is 6.28. The number of amides is 1. The summed E-state index contributed by atoms with van der Waals surface area (Å²) < 4.78 is 56.7. The van der Waals surface area contributed by atoms with E-state index in [2.05, 4.69) is 14.8 Å². The van der Waals surface area contributed by atoms with Crippen LogP contribution < -0.4 is 4.74 Å². The second-order valence-electron chi connectivity index (χ2n) is 7.16. The molecule has 164 valence electrons. The molecule has 10 heteroatoms. The Bertz CT molecular complexity index is 1060. The van der Waals surface area contributed by atoms with E-state index in [4.69, 9.17) is 0 Å². The Balaban J connectivity index is 1.85. The second-order valence-corrected chi connectivity index (χ2v) is 7.16. The van der Waals surface area contributed by atoms with E-state index in [-0.39, 0.29) is 29.9 Å². The number of rotatable bonds is 6. The molecule has 1 aromatic heterocycles. The van der Waals surface area contributed by atoms with Gasteiger partial charge in [-0.25, -0.2) is 9.37 Å². The van der Waals surface area contributed by atoms with Gasteiger partial charge in [-0.2, -0.15) is 0 Å². The molecule has 0 aliphatic heterocycles. The molecule has 0 aliphatic rings. The maximum Gasteiger partial charge on any atom is 0.573 e. The van der Waals surface area contributed by atoms with Crippen molar-refractivity contribution in [2.45, 2.75) is 32.8 Å². The van der Waals surface area contributed by atoms with Gasteiger partial charge in [-0.05, 0) is 49.2 Å². The first-order valence-corrected chi connectivity index (χ1v) is 9.34. The van der Waals surface area contributed by atoms with Gasteiger partial charge in [-0.1, -0.05) is 18.2 Å². The molecule has 1 heterocycles. The fourth-order valence-electron chi connectivity index (χ4n) is 2.98. The number of aromatic nitrogens is 3. The molecule has 0 atom stereocenters. The maximum atomic E-state index is 14.4. The SMILES string of the molecule is CC(C)N(Cc1ccc(F)c(-c2ccc(OC(F)(F)F)cc2)c1)C(=O)c1ncn(C)n1. The number of hydrogen-bond acceptors (Lipinski definition) is 4. The van der Waals surface area contributed by atoms with Crippen molar-refractivity contribution < 1.29 is 27.1 Å². The van der Waals surface area contributed by atoms with Gasteiger partial charge in [0.2, 0.25) is 5.82 Å². The van der Waals surface area contributed by atoms with E-state index in [1.54, 1.807) is 24.1 Å². The third kappa shape index (κ3) is 5.59. The number of nitrogens with zero attached hydrogens (tertiary/aromatic N) is 4. The summed E-state index contributed by atoms with van der Waals surface area (Å²) in [5, 5.41) is 4.03. The Morgan fingerprint density at radius 1 is 1.16 bits per heavy atom. The average molecular weight is 436 g/mol.